The van der Waals surface area contributed by atoms with Crippen molar-refractivity contribution in [3.63, 3.8) is 0 Å². The van der Waals surface area contributed by atoms with Gasteiger partial charge in [0.25, 0.3) is 0 Å². The van der Waals surface area contributed by atoms with Crippen molar-refractivity contribution in [3.8, 4) is 11.5 Å². The van der Waals surface area contributed by atoms with Crippen LogP contribution in [0.4, 0.5) is 0 Å². The lowest BCUT2D eigenvalue weighted by Crippen LogP contribution is -2.45. The van der Waals surface area contributed by atoms with Crippen LogP contribution in [0.1, 0.15) is 96.6 Å². The van der Waals surface area contributed by atoms with Crippen LogP contribution in [0.3, 0.4) is 0 Å². The summed E-state index contributed by atoms with van der Waals surface area (Å²) in [5, 5.41) is 11.3. The van der Waals surface area contributed by atoms with Gasteiger partial charge in [-0.15, -0.1) is 0 Å². The molecule has 180 valence electrons. The van der Waals surface area contributed by atoms with Crippen LogP contribution in [0.5, 0.6) is 11.5 Å². The summed E-state index contributed by atoms with van der Waals surface area (Å²) in [6.45, 7) is 12.0. The molecule has 4 rings (SSSR count). The Balaban J connectivity index is 1.63. The normalized spacial score (nSPS) is 21.7. The van der Waals surface area contributed by atoms with Crippen molar-refractivity contribution in [2.75, 3.05) is 0 Å². The highest BCUT2D eigenvalue weighted by molar-refractivity contribution is 7.71. The van der Waals surface area contributed by atoms with Crippen molar-refractivity contribution in [2.24, 2.45) is 5.92 Å². The number of unbranched alkanes of at least 4 members (excludes halogenated alkanes) is 3. The summed E-state index contributed by atoms with van der Waals surface area (Å²) in [6.07, 6.45) is 14.3. The second-order valence-corrected chi connectivity index (χ2v) is 11.6. The Kier molecular flexibility index (Phi) is 6.82. The zero-order valence-electron chi connectivity index (χ0n) is 20.9. The molecule has 1 aliphatic heterocycles. The van der Waals surface area contributed by atoms with Gasteiger partial charge in [-0.1, -0.05) is 58.1 Å². The molecule has 5 heteroatoms. The van der Waals surface area contributed by atoms with Crippen LogP contribution < -0.4 is 4.74 Å². The molecule has 0 fully saturated rings. The lowest BCUT2D eigenvalue weighted by atomic mass is 9.66. The van der Waals surface area contributed by atoms with Gasteiger partial charge in [0.2, 0.25) is 0 Å². The first-order chi connectivity index (χ1) is 15.6. The summed E-state index contributed by atoms with van der Waals surface area (Å²) in [5.41, 5.74) is 3.27. The number of aromatic nitrogens is 2. The SMILES string of the molecule is CCCCCCC(C)(C)c1cc(O)c2c(c1)OC(C)(C)[C@H]1CC=C(Cn3cc[nH]c3=S)C[C@H]21. The molecule has 0 spiro atoms. The number of allylic oxidation sites excluding steroid dienone is 2. The van der Waals surface area contributed by atoms with Gasteiger partial charge in [-0.05, 0) is 68.4 Å². The van der Waals surface area contributed by atoms with Crippen molar-refractivity contribution in [1.29, 1.82) is 0 Å². The molecule has 0 radical (unpaired) electrons. The third-order valence-corrected chi connectivity index (χ3v) is 8.27. The molecular formula is C28H40N2O2S. The number of ether oxygens (including phenoxy) is 1. The summed E-state index contributed by atoms with van der Waals surface area (Å²) >= 11 is 5.40. The molecule has 0 amide bonds. The van der Waals surface area contributed by atoms with Gasteiger partial charge in [0.05, 0.1) is 0 Å². The zero-order chi connectivity index (χ0) is 23.8. The van der Waals surface area contributed by atoms with E-state index in [0.717, 1.165) is 41.9 Å². The first-order valence-corrected chi connectivity index (χ1v) is 13.0. The lowest BCUT2D eigenvalue weighted by Gasteiger charge is -2.47. The average Bonchev–Trinajstić information content (AvgIpc) is 3.14. The number of nitrogens with zero attached hydrogens (tertiary/aromatic N) is 1. The van der Waals surface area contributed by atoms with Crippen molar-refractivity contribution < 1.29 is 9.84 Å². The Labute approximate surface area is 204 Å². The number of rotatable bonds is 8. The van der Waals surface area contributed by atoms with E-state index in [2.05, 4.69) is 56.3 Å². The van der Waals surface area contributed by atoms with E-state index in [1.807, 2.05) is 18.5 Å². The number of aromatic hydroxyl groups is 1. The fourth-order valence-electron chi connectivity index (χ4n) is 5.82. The van der Waals surface area contributed by atoms with E-state index in [1.54, 1.807) is 0 Å². The van der Waals surface area contributed by atoms with Gasteiger partial charge >= 0.3 is 0 Å². The predicted octanol–water partition coefficient (Wildman–Crippen LogP) is 7.79. The number of phenols is 1. The Morgan fingerprint density at radius 1 is 1.24 bits per heavy atom. The number of hydrogen-bond acceptors (Lipinski definition) is 3. The maximum atomic E-state index is 11.3. The van der Waals surface area contributed by atoms with Crippen LogP contribution in [0.15, 0.2) is 36.2 Å². The van der Waals surface area contributed by atoms with Crippen LogP contribution in [-0.2, 0) is 12.0 Å². The maximum absolute atomic E-state index is 11.3. The van der Waals surface area contributed by atoms with E-state index < -0.39 is 0 Å². The Morgan fingerprint density at radius 3 is 2.73 bits per heavy atom. The number of hydrogen-bond donors (Lipinski definition) is 2. The molecule has 4 nitrogen and oxygen atoms in total. The molecule has 2 aromatic rings. The highest BCUT2D eigenvalue weighted by Crippen LogP contribution is 2.55. The van der Waals surface area contributed by atoms with Crippen LogP contribution >= 0.6 is 12.2 Å². The molecule has 0 bridgehead atoms. The molecule has 0 saturated carbocycles. The fourth-order valence-corrected chi connectivity index (χ4v) is 6.01. The molecule has 2 N–H and O–H groups in total. The molecule has 2 aliphatic rings. The minimum atomic E-state index is -0.277. The smallest absolute Gasteiger partial charge is 0.177 e. The molecule has 0 saturated heterocycles. The number of imidazole rings is 1. The summed E-state index contributed by atoms with van der Waals surface area (Å²) in [7, 11) is 0. The Morgan fingerprint density at radius 2 is 2.03 bits per heavy atom. The fraction of sp³-hybridized carbons (Fsp3) is 0.607. The lowest BCUT2D eigenvalue weighted by molar-refractivity contribution is 0.00707. The summed E-state index contributed by atoms with van der Waals surface area (Å²) < 4.78 is 9.42. The minimum absolute atomic E-state index is 0.00696. The largest absolute Gasteiger partial charge is 0.508 e. The number of aromatic amines is 1. The van der Waals surface area contributed by atoms with E-state index in [0.29, 0.717) is 11.7 Å². The third kappa shape index (κ3) is 4.94. The third-order valence-electron chi connectivity index (χ3n) is 7.92. The van der Waals surface area contributed by atoms with Gasteiger partial charge in [0.15, 0.2) is 4.77 Å². The van der Waals surface area contributed by atoms with Gasteiger partial charge in [-0.25, -0.2) is 0 Å². The average molecular weight is 469 g/mol. The highest BCUT2D eigenvalue weighted by Gasteiger charge is 2.46. The molecule has 1 aliphatic carbocycles. The van der Waals surface area contributed by atoms with Crippen molar-refractivity contribution in [3.05, 3.63) is 52.1 Å². The molecule has 1 aromatic carbocycles. The monoisotopic (exact) mass is 468 g/mol. The van der Waals surface area contributed by atoms with Crippen LogP contribution in [0, 0.1) is 10.7 Å². The molecule has 33 heavy (non-hydrogen) atoms. The second kappa shape index (κ2) is 9.32. The van der Waals surface area contributed by atoms with Crippen molar-refractivity contribution in [1.82, 2.24) is 9.55 Å². The van der Waals surface area contributed by atoms with E-state index in [-0.39, 0.29) is 16.9 Å². The standard InChI is InChI=1S/C28H40N2O2S/c1-6-7-8-9-12-27(2,3)20-16-23(31)25-21-15-19(18-30-14-13-29-26(30)33)10-11-22(21)28(4,5)32-24(25)17-20/h10,13-14,16-17,21-22,31H,6-9,11-12,15,18H2,1-5H3,(H,29,33)/t21-,22-/m0/s1. The van der Waals surface area contributed by atoms with Crippen molar-refractivity contribution in [2.45, 2.75) is 103 Å². The minimum Gasteiger partial charge on any atom is -0.508 e. The Hall–Kier alpha value is -2.01. The second-order valence-electron chi connectivity index (χ2n) is 11.2. The molecule has 2 atom stereocenters. The number of fused-ring (bicyclic) bond motifs is 3. The van der Waals surface area contributed by atoms with Gasteiger partial charge in [0, 0.05) is 36.3 Å². The summed E-state index contributed by atoms with van der Waals surface area (Å²) in [6, 6.07) is 4.23. The van der Waals surface area contributed by atoms with E-state index in [1.165, 1.54) is 36.8 Å². The molecule has 2 heterocycles. The molecular weight excluding hydrogens is 428 g/mol. The zero-order valence-corrected chi connectivity index (χ0v) is 21.7. The predicted molar refractivity (Wildman–Crippen MR) is 138 cm³/mol. The first kappa shape index (κ1) is 24.1. The molecule has 0 unspecified atom stereocenters. The van der Waals surface area contributed by atoms with Crippen LogP contribution in [-0.4, -0.2) is 20.3 Å². The highest BCUT2D eigenvalue weighted by atomic mass is 32.1. The van der Waals surface area contributed by atoms with E-state index >= 15 is 0 Å². The van der Waals surface area contributed by atoms with Gasteiger partial charge in [-0.3, -0.25) is 0 Å². The summed E-state index contributed by atoms with van der Waals surface area (Å²) in [5.74, 6) is 1.86. The number of nitrogens with one attached hydrogen (secondary N) is 1. The van der Waals surface area contributed by atoms with Gasteiger partial charge < -0.3 is 19.4 Å². The van der Waals surface area contributed by atoms with Crippen LogP contribution in [0.2, 0.25) is 0 Å². The number of phenolic OH excluding ortho intramolecular Hbond substituents is 1. The first-order valence-electron chi connectivity index (χ1n) is 12.6. The number of H-pyrrole nitrogens is 1. The Bertz CT molecular complexity index is 1080. The topological polar surface area (TPSA) is 50.2 Å². The quantitative estimate of drug-likeness (QED) is 0.236. The van der Waals surface area contributed by atoms with E-state index in [9.17, 15) is 5.11 Å². The van der Waals surface area contributed by atoms with Gasteiger partial charge in [0.1, 0.15) is 17.1 Å². The van der Waals surface area contributed by atoms with Crippen molar-refractivity contribution >= 4 is 12.2 Å². The number of benzene rings is 1. The molecule has 1 aromatic heterocycles. The maximum Gasteiger partial charge on any atom is 0.177 e. The van der Waals surface area contributed by atoms with E-state index in [4.69, 9.17) is 17.0 Å². The summed E-state index contributed by atoms with van der Waals surface area (Å²) in [4.78, 5) is 3.08. The van der Waals surface area contributed by atoms with Crippen LogP contribution in [0.25, 0.3) is 0 Å². The van der Waals surface area contributed by atoms with Gasteiger partial charge in [-0.2, -0.15) is 0 Å².